The van der Waals surface area contributed by atoms with E-state index in [0.29, 0.717) is 10.1 Å². The Morgan fingerprint density at radius 1 is 0.870 bits per heavy atom. The molecular formula is C20H15FIN. The first-order valence-corrected chi connectivity index (χ1v) is 7.08. The van der Waals surface area contributed by atoms with Crippen molar-refractivity contribution in [3.63, 3.8) is 0 Å². The molecular weight excluding hydrogens is 400 g/mol. The lowest BCUT2D eigenvalue weighted by atomic mass is 9.92. The normalized spacial score (nSPS) is 13.2. The van der Waals surface area contributed by atoms with Crippen molar-refractivity contribution in [3.8, 4) is 11.1 Å². The largest absolute Gasteiger partial charge is 1.00 e. The number of aryl methyl sites for hydroxylation is 1. The van der Waals surface area contributed by atoms with Crippen LogP contribution >= 0.6 is 0 Å². The predicted octanol–water partition coefficient (Wildman–Crippen LogP) is 1.63. The second-order valence-electron chi connectivity index (χ2n) is 5.30. The molecule has 4 aromatic rings. The lowest BCUT2D eigenvalue weighted by molar-refractivity contribution is -0.700. The maximum Gasteiger partial charge on any atom is 0.359 e. The fraction of sp³-hybridized carbons (Fsp3) is 0.0500. The van der Waals surface area contributed by atoms with Gasteiger partial charge in [0.2, 0.25) is 0 Å². The van der Waals surface area contributed by atoms with E-state index < -0.39 is 12.9 Å². The number of hydrogen-bond donors (Lipinski definition) is 0. The predicted molar refractivity (Wildman–Crippen MR) is 88.0 cm³/mol. The van der Waals surface area contributed by atoms with Crippen molar-refractivity contribution in [3.05, 3.63) is 78.9 Å². The Morgan fingerprint density at radius 2 is 1.48 bits per heavy atom. The number of pyridine rings is 1. The Bertz CT molecular complexity index is 1060. The Hall–Kier alpha value is -2.01. The highest BCUT2D eigenvalue weighted by atomic mass is 127. The Balaban J connectivity index is 0.00000196. The van der Waals surface area contributed by atoms with Crippen LogP contribution in [0.3, 0.4) is 0 Å². The van der Waals surface area contributed by atoms with Gasteiger partial charge in [-0.25, -0.2) is 0 Å². The van der Waals surface area contributed by atoms with Gasteiger partial charge in [-0.05, 0) is 38.7 Å². The Kier molecular flexibility index (Phi) is 3.37. The van der Waals surface area contributed by atoms with Crippen LogP contribution in [0.5, 0.6) is 0 Å². The summed E-state index contributed by atoms with van der Waals surface area (Å²) in [7, 11) is 0. The third-order valence-electron chi connectivity index (χ3n) is 3.97. The number of nitrogens with zero attached hydrogens (tertiary/aromatic N) is 1. The molecule has 0 aliphatic rings. The van der Waals surface area contributed by atoms with Gasteiger partial charge >= 0.3 is 5.95 Å². The number of fused-ring (bicyclic) bond motifs is 2. The molecule has 114 valence electrons. The van der Waals surface area contributed by atoms with Crippen molar-refractivity contribution < 1.29 is 37.0 Å². The molecule has 1 aromatic heterocycles. The zero-order valence-electron chi connectivity index (χ0n) is 15.1. The maximum atomic E-state index is 14.4. The van der Waals surface area contributed by atoms with E-state index in [4.69, 9.17) is 4.11 Å². The smallest absolute Gasteiger partial charge is 0.359 e. The molecule has 0 saturated heterocycles. The van der Waals surface area contributed by atoms with Crippen LogP contribution < -0.4 is 28.5 Å². The van der Waals surface area contributed by atoms with Crippen molar-refractivity contribution in [2.24, 2.45) is 6.98 Å². The summed E-state index contributed by atoms with van der Waals surface area (Å²) in [6.45, 7) is -2.54. The lowest BCUT2D eigenvalue weighted by Gasteiger charge is -2.11. The summed E-state index contributed by atoms with van der Waals surface area (Å²) in [4.78, 5) is 0. The fourth-order valence-electron chi connectivity index (χ4n) is 2.95. The molecule has 0 amide bonds. The minimum absolute atomic E-state index is 0. The van der Waals surface area contributed by atoms with E-state index in [1.54, 1.807) is 6.07 Å². The third-order valence-corrected chi connectivity index (χ3v) is 3.97. The van der Waals surface area contributed by atoms with Crippen molar-refractivity contribution in [2.45, 2.75) is 0 Å². The summed E-state index contributed by atoms with van der Waals surface area (Å²) < 4.78 is 37.3. The average molecular weight is 418 g/mol. The van der Waals surface area contributed by atoms with Gasteiger partial charge in [-0.15, -0.1) is 4.39 Å². The summed E-state index contributed by atoms with van der Waals surface area (Å²) in [6, 6.07) is 20.9. The molecule has 1 nitrogen and oxygen atoms in total. The van der Waals surface area contributed by atoms with E-state index in [-0.39, 0.29) is 24.0 Å². The van der Waals surface area contributed by atoms with Crippen LogP contribution in [0.25, 0.3) is 32.7 Å². The lowest BCUT2D eigenvalue weighted by Crippen LogP contribution is -3.00. The second-order valence-corrected chi connectivity index (χ2v) is 5.30. The topological polar surface area (TPSA) is 3.88 Å². The molecule has 0 bridgehead atoms. The summed E-state index contributed by atoms with van der Waals surface area (Å²) in [5, 5.41) is 4.13. The fourth-order valence-corrected chi connectivity index (χ4v) is 2.95. The van der Waals surface area contributed by atoms with Gasteiger partial charge in [-0.1, -0.05) is 48.5 Å². The molecule has 0 spiro atoms. The molecule has 1 heterocycles. The second kappa shape index (κ2) is 6.24. The van der Waals surface area contributed by atoms with Crippen molar-refractivity contribution in [1.82, 2.24) is 0 Å². The third kappa shape index (κ3) is 2.70. The van der Waals surface area contributed by atoms with Crippen LogP contribution in [-0.2, 0) is 6.98 Å². The maximum absolute atomic E-state index is 14.4. The van der Waals surface area contributed by atoms with E-state index in [0.717, 1.165) is 27.1 Å². The molecule has 23 heavy (non-hydrogen) atoms. The Morgan fingerprint density at radius 3 is 2.04 bits per heavy atom. The highest BCUT2D eigenvalue weighted by Crippen LogP contribution is 2.36. The Labute approximate surface area is 155 Å². The van der Waals surface area contributed by atoms with Crippen LogP contribution in [0, 0.1) is 5.95 Å². The molecule has 0 aliphatic carbocycles. The molecule has 0 aliphatic heterocycles. The number of benzene rings is 3. The quantitative estimate of drug-likeness (QED) is 0.192. The van der Waals surface area contributed by atoms with Gasteiger partial charge in [0.25, 0.3) is 0 Å². The van der Waals surface area contributed by atoms with Crippen LogP contribution in [0.1, 0.15) is 4.11 Å². The molecule has 0 N–H and O–H groups in total. The molecule has 0 radical (unpaired) electrons. The molecule has 0 unspecified atom stereocenters. The first kappa shape index (κ1) is 12.4. The average Bonchev–Trinajstić information content (AvgIpc) is 2.58. The molecule has 0 saturated carbocycles. The van der Waals surface area contributed by atoms with Gasteiger partial charge in [0, 0.05) is 6.07 Å². The van der Waals surface area contributed by atoms with E-state index in [2.05, 4.69) is 6.07 Å². The number of halogens is 2. The van der Waals surface area contributed by atoms with Crippen molar-refractivity contribution in [1.29, 1.82) is 0 Å². The minimum atomic E-state index is -2.54. The van der Waals surface area contributed by atoms with Crippen molar-refractivity contribution >= 4 is 21.5 Å². The molecule has 0 fully saturated rings. The van der Waals surface area contributed by atoms with Crippen LogP contribution in [-0.4, -0.2) is 0 Å². The van der Waals surface area contributed by atoms with E-state index in [9.17, 15) is 4.39 Å². The number of rotatable bonds is 1. The summed E-state index contributed by atoms with van der Waals surface area (Å²) in [5.41, 5.74) is 1.57. The van der Waals surface area contributed by atoms with E-state index in [1.165, 1.54) is 12.3 Å². The summed E-state index contributed by atoms with van der Waals surface area (Å²) in [6.07, 6.45) is 1.29. The van der Waals surface area contributed by atoms with Gasteiger partial charge in [0.15, 0.2) is 6.20 Å². The molecule has 3 aromatic carbocycles. The van der Waals surface area contributed by atoms with Crippen LogP contribution in [0.15, 0.2) is 72.9 Å². The molecule has 3 heteroatoms. The zero-order chi connectivity index (χ0) is 17.6. The monoisotopic (exact) mass is 418 g/mol. The SMILES string of the molecule is [2H]C([2H])([2H])[n+]1ccc(-c2c3ccccc3cc3ccccc23)cc1F.[I-]. The molecule has 0 atom stereocenters. The number of hydrogen-bond acceptors (Lipinski definition) is 0. The minimum Gasteiger partial charge on any atom is -1.00 e. The van der Waals surface area contributed by atoms with Gasteiger partial charge < -0.3 is 24.0 Å². The van der Waals surface area contributed by atoms with Gasteiger partial charge in [0.1, 0.15) is 11.1 Å². The number of aromatic nitrogens is 1. The van der Waals surface area contributed by atoms with Crippen LogP contribution in [0.2, 0.25) is 0 Å². The molecule has 4 rings (SSSR count). The van der Waals surface area contributed by atoms with E-state index in [1.807, 2.05) is 48.5 Å². The summed E-state index contributed by atoms with van der Waals surface area (Å²) in [5.74, 6) is -0.783. The van der Waals surface area contributed by atoms with Gasteiger partial charge in [-0.2, -0.15) is 4.57 Å². The highest BCUT2D eigenvalue weighted by molar-refractivity contribution is 6.12. The van der Waals surface area contributed by atoms with Crippen molar-refractivity contribution in [2.75, 3.05) is 0 Å². The highest BCUT2D eigenvalue weighted by Gasteiger charge is 2.13. The van der Waals surface area contributed by atoms with Gasteiger partial charge in [-0.3, -0.25) is 0 Å². The van der Waals surface area contributed by atoms with E-state index >= 15 is 0 Å². The standard InChI is InChI=1S/C20H15FN.HI/c1-22-11-10-16(13-19(22)21)20-17-8-4-2-6-14(17)12-15-7-3-5-9-18(15)20;/h2-13H,1H3;1H/q+1;/p-1/i1D3;. The van der Waals surface area contributed by atoms with Gasteiger partial charge in [0.05, 0.1) is 6.07 Å². The van der Waals surface area contributed by atoms with Crippen LogP contribution in [0.4, 0.5) is 4.39 Å². The zero-order valence-corrected chi connectivity index (χ0v) is 14.3. The first-order chi connectivity index (χ1) is 11.9. The summed E-state index contributed by atoms with van der Waals surface area (Å²) >= 11 is 0. The first-order valence-electron chi connectivity index (χ1n) is 8.58.